The number of alkyl carbamates (subject to hydrolysis) is 1. The molecule has 0 spiro atoms. The van der Waals surface area contributed by atoms with E-state index in [1.807, 2.05) is 0 Å². The summed E-state index contributed by atoms with van der Waals surface area (Å²) in [7, 11) is 2.15. The summed E-state index contributed by atoms with van der Waals surface area (Å²) in [6.07, 6.45) is 3.13. The number of likely N-dealkylation sites (tertiary alicyclic amines) is 1. The Morgan fingerprint density at radius 3 is 2.71 bits per heavy atom. The highest BCUT2D eigenvalue weighted by molar-refractivity contribution is 5.68. The van der Waals surface area contributed by atoms with Gasteiger partial charge in [0.2, 0.25) is 0 Å². The molecule has 1 unspecified atom stereocenters. The van der Waals surface area contributed by atoms with Crippen LogP contribution < -0.4 is 5.32 Å². The van der Waals surface area contributed by atoms with Crippen molar-refractivity contribution >= 4 is 6.09 Å². The second-order valence-electron chi connectivity index (χ2n) is 4.32. The van der Waals surface area contributed by atoms with E-state index in [9.17, 15) is 4.79 Å². The summed E-state index contributed by atoms with van der Waals surface area (Å²) in [5, 5.41) is 2.92. The lowest BCUT2D eigenvalue weighted by atomic mass is 9.87. The highest BCUT2D eigenvalue weighted by Gasteiger charge is 2.29. The molecule has 2 rings (SSSR count). The first-order valence-corrected chi connectivity index (χ1v) is 5.37. The lowest BCUT2D eigenvalue weighted by Crippen LogP contribution is -2.48. The minimum atomic E-state index is -0.236. The molecule has 14 heavy (non-hydrogen) atoms. The van der Waals surface area contributed by atoms with Crippen molar-refractivity contribution < 1.29 is 9.53 Å². The number of hydrogen-bond donors (Lipinski definition) is 1. The van der Waals surface area contributed by atoms with E-state index in [0.717, 1.165) is 19.5 Å². The largest absolute Gasteiger partial charge is 0.449 e. The predicted octanol–water partition coefficient (Wildman–Crippen LogP) is 0.827. The second kappa shape index (κ2) is 4.17. The number of carbonyl (C=O) groups is 1. The van der Waals surface area contributed by atoms with Gasteiger partial charge in [0.1, 0.15) is 0 Å². The van der Waals surface area contributed by atoms with E-state index in [-0.39, 0.29) is 6.09 Å². The summed E-state index contributed by atoms with van der Waals surface area (Å²) >= 11 is 0. The van der Waals surface area contributed by atoms with Crippen LogP contribution in [0.1, 0.15) is 19.3 Å². The van der Waals surface area contributed by atoms with Crippen LogP contribution in [-0.4, -0.2) is 43.8 Å². The molecule has 2 heterocycles. The summed E-state index contributed by atoms with van der Waals surface area (Å²) in [5.41, 5.74) is 0. The van der Waals surface area contributed by atoms with Crippen LogP contribution in [0, 0.1) is 5.92 Å². The lowest BCUT2D eigenvalue weighted by Gasteiger charge is -2.36. The maximum absolute atomic E-state index is 11.0. The van der Waals surface area contributed by atoms with Crippen LogP contribution in [0.15, 0.2) is 0 Å². The fourth-order valence-corrected chi connectivity index (χ4v) is 2.33. The monoisotopic (exact) mass is 198 g/mol. The quantitative estimate of drug-likeness (QED) is 0.678. The lowest BCUT2D eigenvalue weighted by molar-refractivity contribution is 0.0901. The Kier molecular flexibility index (Phi) is 2.91. The molecule has 0 radical (unpaired) electrons. The van der Waals surface area contributed by atoms with Gasteiger partial charge >= 0.3 is 6.09 Å². The van der Waals surface area contributed by atoms with E-state index in [0.29, 0.717) is 18.6 Å². The maximum atomic E-state index is 11.0. The van der Waals surface area contributed by atoms with Crippen molar-refractivity contribution in [2.45, 2.75) is 25.3 Å². The van der Waals surface area contributed by atoms with Gasteiger partial charge in [-0.25, -0.2) is 4.79 Å². The van der Waals surface area contributed by atoms with Gasteiger partial charge in [-0.15, -0.1) is 0 Å². The molecular formula is C10H18N2O2. The van der Waals surface area contributed by atoms with Gasteiger partial charge in [-0.3, -0.25) is 0 Å². The van der Waals surface area contributed by atoms with Crippen molar-refractivity contribution in [2.75, 3.05) is 26.7 Å². The highest BCUT2D eigenvalue weighted by atomic mass is 16.5. The van der Waals surface area contributed by atoms with Crippen molar-refractivity contribution in [1.82, 2.24) is 10.2 Å². The molecule has 0 aromatic rings. The van der Waals surface area contributed by atoms with Gasteiger partial charge < -0.3 is 15.0 Å². The van der Waals surface area contributed by atoms with Gasteiger partial charge in [-0.1, -0.05) is 0 Å². The van der Waals surface area contributed by atoms with E-state index in [1.165, 1.54) is 12.8 Å². The number of cyclic esters (lactones) is 1. The van der Waals surface area contributed by atoms with E-state index >= 15 is 0 Å². The molecule has 0 aromatic carbocycles. The van der Waals surface area contributed by atoms with Gasteiger partial charge in [-0.05, 0) is 38.9 Å². The molecule has 2 fully saturated rings. The Balaban J connectivity index is 1.85. The number of piperidine rings is 1. The van der Waals surface area contributed by atoms with Crippen LogP contribution in [0.25, 0.3) is 0 Å². The average molecular weight is 198 g/mol. The SMILES string of the molecule is CN1CCC(C2CCOC(=O)N2)CC1. The smallest absolute Gasteiger partial charge is 0.407 e. The van der Waals surface area contributed by atoms with Crippen LogP contribution in [-0.2, 0) is 4.74 Å². The molecule has 80 valence electrons. The van der Waals surface area contributed by atoms with E-state index in [2.05, 4.69) is 17.3 Å². The Hall–Kier alpha value is -0.770. The van der Waals surface area contributed by atoms with Crippen LogP contribution >= 0.6 is 0 Å². The maximum Gasteiger partial charge on any atom is 0.407 e. The zero-order valence-electron chi connectivity index (χ0n) is 8.66. The molecular weight excluding hydrogens is 180 g/mol. The Labute approximate surface area is 84.6 Å². The van der Waals surface area contributed by atoms with Crippen molar-refractivity contribution in [2.24, 2.45) is 5.92 Å². The summed E-state index contributed by atoms with van der Waals surface area (Å²) in [4.78, 5) is 13.4. The van der Waals surface area contributed by atoms with Crippen molar-refractivity contribution in [3.63, 3.8) is 0 Å². The Morgan fingerprint density at radius 1 is 1.36 bits per heavy atom. The molecule has 4 heteroatoms. The molecule has 2 aliphatic rings. The highest BCUT2D eigenvalue weighted by Crippen LogP contribution is 2.23. The Bertz CT molecular complexity index is 212. The minimum Gasteiger partial charge on any atom is -0.449 e. The number of nitrogens with one attached hydrogen (secondary N) is 1. The third-order valence-electron chi connectivity index (χ3n) is 3.30. The molecule has 1 atom stereocenters. The van der Waals surface area contributed by atoms with E-state index < -0.39 is 0 Å². The summed E-state index contributed by atoms with van der Waals surface area (Å²) in [6, 6.07) is 0.352. The number of carbonyl (C=O) groups excluding carboxylic acids is 1. The molecule has 4 nitrogen and oxygen atoms in total. The zero-order valence-corrected chi connectivity index (χ0v) is 8.66. The number of nitrogens with zero attached hydrogens (tertiary/aromatic N) is 1. The van der Waals surface area contributed by atoms with Crippen molar-refractivity contribution in [1.29, 1.82) is 0 Å². The topological polar surface area (TPSA) is 41.6 Å². The molecule has 0 bridgehead atoms. The third-order valence-corrected chi connectivity index (χ3v) is 3.30. The molecule has 0 aromatic heterocycles. The zero-order chi connectivity index (χ0) is 9.97. The normalized spacial score (nSPS) is 30.9. The number of hydrogen-bond acceptors (Lipinski definition) is 3. The van der Waals surface area contributed by atoms with Crippen LogP contribution in [0.2, 0.25) is 0 Å². The predicted molar refractivity (Wildman–Crippen MR) is 53.1 cm³/mol. The first kappa shape index (κ1) is 9.77. The number of rotatable bonds is 1. The fourth-order valence-electron chi connectivity index (χ4n) is 2.33. The van der Waals surface area contributed by atoms with E-state index in [4.69, 9.17) is 4.74 Å². The van der Waals surface area contributed by atoms with Crippen LogP contribution in [0.3, 0.4) is 0 Å². The van der Waals surface area contributed by atoms with Crippen LogP contribution in [0.5, 0.6) is 0 Å². The first-order chi connectivity index (χ1) is 6.75. The average Bonchev–Trinajstić information content (AvgIpc) is 2.19. The molecule has 2 aliphatic heterocycles. The molecule has 1 amide bonds. The first-order valence-electron chi connectivity index (χ1n) is 5.37. The molecule has 1 N–H and O–H groups in total. The summed E-state index contributed by atoms with van der Waals surface area (Å²) in [5.74, 6) is 0.652. The molecule has 0 aliphatic carbocycles. The van der Waals surface area contributed by atoms with Gasteiger partial charge in [0, 0.05) is 12.5 Å². The fraction of sp³-hybridized carbons (Fsp3) is 0.900. The van der Waals surface area contributed by atoms with Crippen LogP contribution in [0.4, 0.5) is 4.79 Å². The minimum absolute atomic E-state index is 0.236. The van der Waals surface area contributed by atoms with Gasteiger partial charge in [0.05, 0.1) is 6.61 Å². The summed E-state index contributed by atoms with van der Waals surface area (Å²) in [6.45, 7) is 2.89. The van der Waals surface area contributed by atoms with Gasteiger partial charge in [-0.2, -0.15) is 0 Å². The summed E-state index contributed by atoms with van der Waals surface area (Å²) < 4.78 is 4.86. The van der Waals surface area contributed by atoms with Crippen molar-refractivity contribution in [3.05, 3.63) is 0 Å². The molecule has 2 saturated heterocycles. The van der Waals surface area contributed by atoms with E-state index in [1.54, 1.807) is 0 Å². The molecule has 0 saturated carbocycles. The van der Waals surface area contributed by atoms with Crippen molar-refractivity contribution in [3.8, 4) is 0 Å². The van der Waals surface area contributed by atoms with Gasteiger partial charge in [0.25, 0.3) is 0 Å². The standard InChI is InChI=1S/C10H18N2O2/c1-12-5-2-8(3-6-12)9-4-7-14-10(13)11-9/h8-9H,2-7H2,1H3,(H,11,13). The Morgan fingerprint density at radius 2 is 2.07 bits per heavy atom. The number of amides is 1. The second-order valence-corrected chi connectivity index (χ2v) is 4.32. The van der Waals surface area contributed by atoms with Gasteiger partial charge in [0.15, 0.2) is 0 Å². The third kappa shape index (κ3) is 2.18. The number of ether oxygens (including phenoxy) is 1.